The van der Waals surface area contributed by atoms with Crippen LogP contribution in [0.15, 0.2) is 24.5 Å². The van der Waals surface area contributed by atoms with Gasteiger partial charge in [-0.15, -0.1) is 0 Å². The van der Waals surface area contributed by atoms with Gasteiger partial charge in [0.05, 0.1) is 18.7 Å². The van der Waals surface area contributed by atoms with Crippen molar-refractivity contribution in [2.75, 3.05) is 0 Å². The number of aromatic nitrogens is 2. The molecule has 20 heavy (non-hydrogen) atoms. The normalized spacial score (nSPS) is 22.2. The van der Waals surface area contributed by atoms with Crippen LogP contribution < -0.4 is 0 Å². The predicted octanol–water partition coefficient (Wildman–Crippen LogP) is 3.88. The van der Waals surface area contributed by atoms with Crippen molar-refractivity contribution in [3.63, 3.8) is 0 Å². The lowest BCUT2D eigenvalue weighted by Crippen LogP contribution is -2.28. The fraction of sp³-hybridized carbons (Fsp3) is 0.588. The summed E-state index contributed by atoms with van der Waals surface area (Å²) in [6.07, 6.45) is 12.3. The Morgan fingerprint density at radius 3 is 2.75 bits per heavy atom. The van der Waals surface area contributed by atoms with Gasteiger partial charge in [0.2, 0.25) is 5.41 Å². The summed E-state index contributed by atoms with van der Waals surface area (Å²) in [5.41, 5.74) is 0.484. The van der Waals surface area contributed by atoms with Crippen molar-refractivity contribution in [1.29, 1.82) is 5.26 Å². The Hall–Kier alpha value is -1.69. The van der Waals surface area contributed by atoms with Crippen LogP contribution in [0.1, 0.15) is 45.6 Å². The quantitative estimate of drug-likeness (QED) is 0.618. The van der Waals surface area contributed by atoms with Crippen molar-refractivity contribution in [1.82, 2.24) is 9.78 Å². The van der Waals surface area contributed by atoms with Gasteiger partial charge in [-0.3, -0.25) is 4.68 Å². The first kappa shape index (κ1) is 14.7. The number of hydrogen-bond donors (Lipinski definition) is 0. The third-order valence-corrected chi connectivity index (χ3v) is 4.03. The third-order valence-electron chi connectivity index (χ3n) is 4.03. The highest BCUT2D eigenvalue weighted by Gasteiger charge is 2.41. The molecule has 2 atom stereocenters. The van der Waals surface area contributed by atoms with Crippen molar-refractivity contribution in [3.8, 4) is 6.07 Å². The fourth-order valence-electron chi connectivity index (χ4n) is 2.71. The van der Waals surface area contributed by atoms with E-state index >= 15 is 0 Å². The lowest BCUT2D eigenvalue weighted by molar-refractivity contribution is 0.325. The van der Waals surface area contributed by atoms with Gasteiger partial charge in [-0.25, -0.2) is 0 Å². The molecule has 1 aromatic rings. The molecule has 0 saturated carbocycles. The molecule has 0 spiro atoms. The lowest BCUT2D eigenvalue weighted by Gasteiger charge is -2.25. The molecule has 2 rings (SSSR count). The summed E-state index contributed by atoms with van der Waals surface area (Å²) < 4.78 is 1.96. The van der Waals surface area contributed by atoms with E-state index in [-0.39, 0.29) is 11.5 Å². The molecule has 1 aliphatic rings. The van der Waals surface area contributed by atoms with Crippen LogP contribution in [0.2, 0.25) is 0 Å². The van der Waals surface area contributed by atoms with Crippen LogP contribution in [0.3, 0.4) is 0 Å². The third kappa shape index (κ3) is 3.07. The Kier molecular flexibility index (Phi) is 3.94. The molecule has 0 amide bonds. The minimum Gasteiger partial charge on any atom is -0.267 e. The predicted molar refractivity (Wildman–Crippen MR) is 80.8 cm³/mol. The van der Waals surface area contributed by atoms with E-state index in [1.807, 2.05) is 17.1 Å². The molecule has 3 nitrogen and oxygen atoms in total. The van der Waals surface area contributed by atoms with E-state index in [9.17, 15) is 5.26 Å². The molecule has 3 heteroatoms. The zero-order chi connectivity index (χ0) is 14.8. The summed E-state index contributed by atoms with van der Waals surface area (Å²) in [6, 6.07) is 2.45. The van der Waals surface area contributed by atoms with Gasteiger partial charge >= 0.3 is 0 Å². The van der Waals surface area contributed by atoms with E-state index < -0.39 is 5.41 Å². The van der Waals surface area contributed by atoms with Gasteiger partial charge in [0.25, 0.3) is 0 Å². The topological polar surface area (TPSA) is 41.6 Å². The van der Waals surface area contributed by atoms with Gasteiger partial charge in [0.15, 0.2) is 0 Å². The molecular weight excluding hydrogens is 246 g/mol. The molecule has 0 radical (unpaired) electrons. The molecule has 0 aromatic carbocycles. The van der Waals surface area contributed by atoms with Crippen molar-refractivity contribution >= 4 is 0 Å². The average Bonchev–Trinajstić information content (AvgIpc) is 2.88. The summed E-state index contributed by atoms with van der Waals surface area (Å²) in [7, 11) is 0. The Bertz CT molecular complexity index is 527. The van der Waals surface area contributed by atoms with E-state index in [1.165, 1.54) is 0 Å². The van der Waals surface area contributed by atoms with Crippen LogP contribution in [0.5, 0.6) is 0 Å². The molecule has 1 aromatic heterocycles. The van der Waals surface area contributed by atoms with Gasteiger partial charge in [0, 0.05) is 18.5 Å². The Morgan fingerprint density at radius 2 is 2.25 bits per heavy atom. The molecule has 1 heterocycles. The highest BCUT2D eigenvalue weighted by atomic mass is 15.3. The number of allylic oxidation sites excluding steroid dienone is 2. The largest absolute Gasteiger partial charge is 0.267 e. The number of nitrogens with zero attached hydrogens (tertiary/aromatic N) is 3. The maximum Gasteiger partial charge on any atom is 0.200 e. The van der Waals surface area contributed by atoms with E-state index in [2.05, 4.69) is 51.0 Å². The second-order valence-corrected chi connectivity index (χ2v) is 6.87. The summed E-state index contributed by atoms with van der Waals surface area (Å²) in [4.78, 5) is 0. The first-order valence-electron chi connectivity index (χ1n) is 7.32. The van der Waals surface area contributed by atoms with Crippen molar-refractivity contribution in [2.24, 2.45) is 11.3 Å². The Balaban J connectivity index is 2.18. The molecule has 0 bridgehead atoms. The van der Waals surface area contributed by atoms with Crippen molar-refractivity contribution in [3.05, 3.63) is 37.0 Å². The summed E-state index contributed by atoms with van der Waals surface area (Å²) >= 11 is 0. The first-order valence-corrected chi connectivity index (χ1v) is 7.32. The minimum absolute atomic E-state index is 0.0283. The van der Waals surface area contributed by atoms with E-state index in [4.69, 9.17) is 0 Å². The van der Waals surface area contributed by atoms with Crippen LogP contribution in [0, 0.1) is 29.6 Å². The smallest absolute Gasteiger partial charge is 0.200 e. The molecule has 0 saturated heterocycles. The zero-order valence-corrected chi connectivity index (χ0v) is 12.8. The summed E-state index contributed by atoms with van der Waals surface area (Å²) in [5.74, 6) is 0.249. The van der Waals surface area contributed by atoms with Gasteiger partial charge in [-0.2, -0.15) is 10.4 Å². The number of nitriles is 1. The second-order valence-electron chi connectivity index (χ2n) is 6.87. The van der Waals surface area contributed by atoms with Crippen LogP contribution in [-0.2, 0) is 12.0 Å². The fourth-order valence-corrected chi connectivity index (χ4v) is 2.71. The van der Waals surface area contributed by atoms with Crippen LogP contribution in [0.4, 0.5) is 0 Å². The van der Waals surface area contributed by atoms with E-state index in [1.54, 1.807) is 0 Å². The standard InChI is InChI=1S/C17H24N3/c1-16(2,3)20-12-14(11-19-20)10-17(4,13-18)15-8-6-5-7-9-15/h6,8,11-12,15H,4-5,7,9-10H2,1-3H3/q+1. The zero-order valence-electron chi connectivity index (χ0n) is 12.8. The van der Waals surface area contributed by atoms with Crippen LogP contribution in [-0.4, -0.2) is 9.78 Å². The van der Waals surface area contributed by atoms with Gasteiger partial charge in [-0.05, 0) is 45.6 Å². The minimum atomic E-state index is -0.581. The van der Waals surface area contributed by atoms with Crippen LogP contribution >= 0.6 is 0 Å². The first-order chi connectivity index (χ1) is 9.35. The maximum absolute atomic E-state index is 9.59. The molecular formula is C17H24N3+. The SMILES string of the molecule is [CH2+]C(C#N)(Cc1cnn(C(C)(C)C)c1)C1C=CCCC1. The number of hydrogen-bond acceptors (Lipinski definition) is 2. The number of rotatable bonds is 3. The van der Waals surface area contributed by atoms with Gasteiger partial charge in [0.1, 0.15) is 6.07 Å². The monoisotopic (exact) mass is 270 g/mol. The molecule has 1 aliphatic carbocycles. The molecule has 0 aliphatic heterocycles. The lowest BCUT2D eigenvalue weighted by atomic mass is 9.70. The van der Waals surface area contributed by atoms with Crippen LogP contribution in [0.25, 0.3) is 0 Å². The van der Waals surface area contributed by atoms with Crippen molar-refractivity contribution < 1.29 is 0 Å². The molecule has 0 fully saturated rings. The highest BCUT2D eigenvalue weighted by Crippen LogP contribution is 2.37. The Labute approximate surface area is 122 Å². The van der Waals surface area contributed by atoms with E-state index in [0.717, 1.165) is 24.8 Å². The Morgan fingerprint density at radius 1 is 1.50 bits per heavy atom. The molecule has 0 N–H and O–H groups in total. The van der Waals surface area contributed by atoms with Gasteiger partial charge < -0.3 is 0 Å². The summed E-state index contributed by atoms with van der Waals surface area (Å²) in [6.45, 7) is 10.6. The average molecular weight is 270 g/mol. The van der Waals surface area contributed by atoms with E-state index in [0.29, 0.717) is 6.42 Å². The second kappa shape index (κ2) is 5.36. The van der Waals surface area contributed by atoms with Gasteiger partial charge in [-0.1, -0.05) is 12.2 Å². The molecule has 106 valence electrons. The summed E-state index contributed by atoms with van der Waals surface area (Å²) in [5, 5.41) is 14.0. The maximum atomic E-state index is 9.59. The highest BCUT2D eigenvalue weighted by molar-refractivity contribution is 5.20. The molecule has 2 unspecified atom stereocenters. The van der Waals surface area contributed by atoms with Crippen molar-refractivity contribution in [2.45, 2.75) is 52.0 Å².